The maximum absolute atomic E-state index is 12.2. The summed E-state index contributed by atoms with van der Waals surface area (Å²) in [6, 6.07) is 5.61. The summed E-state index contributed by atoms with van der Waals surface area (Å²) in [4.78, 5) is 36.7. The monoisotopic (exact) mass is 398 g/mol. The Morgan fingerprint density at radius 2 is 2.15 bits per heavy atom. The van der Waals surface area contributed by atoms with Crippen LogP contribution >= 0.6 is 22.7 Å². The van der Waals surface area contributed by atoms with Crippen molar-refractivity contribution in [1.82, 2.24) is 15.0 Å². The molecule has 7 nitrogen and oxygen atoms in total. The molecule has 0 aliphatic carbocycles. The number of hydrogen-bond donors (Lipinski definition) is 0. The molecule has 136 valence electrons. The van der Waals surface area contributed by atoms with Crippen molar-refractivity contribution < 1.29 is 14.3 Å². The van der Waals surface area contributed by atoms with E-state index in [1.54, 1.807) is 30.1 Å². The van der Waals surface area contributed by atoms with Crippen LogP contribution in [0.25, 0.3) is 10.6 Å². The van der Waals surface area contributed by atoms with E-state index in [1.165, 1.54) is 22.7 Å². The maximum atomic E-state index is 12.2. The van der Waals surface area contributed by atoms with Gasteiger partial charge in [-0.1, -0.05) is 0 Å². The number of esters is 1. The van der Waals surface area contributed by atoms with Crippen molar-refractivity contribution in [3.8, 4) is 16.6 Å². The molecule has 0 unspecified atom stereocenters. The number of carbonyl (C=O) groups excluding carboxylic acids is 2. The quantitative estimate of drug-likeness (QED) is 0.563. The highest BCUT2D eigenvalue weighted by Gasteiger charge is 2.24. The molecular formula is C18H14N4O3S2. The fraction of sp³-hybridized carbons (Fsp3) is 0.222. The van der Waals surface area contributed by atoms with Crippen LogP contribution in [0.1, 0.15) is 22.3 Å². The van der Waals surface area contributed by atoms with Gasteiger partial charge in [0, 0.05) is 34.4 Å². The molecule has 0 aliphatic rings. The zero-order valence-corrected chi connectivity index (χ0v) is 15.9. The first-order valence-electron chi connectivity index (χ1n) is 7.91. The fourth-order valence-electron chi connectivity index (χ4n) is 2.21. The minimum Gasteiger partial charge on any atom is -0.457 e. The van der Waals surface area contributed by atoms with E-state index in [1.807, 2.05) is 18.2 Å². The minimum absolute atomic E-state index is 0.0440. The highest BCUT2D eigenvalue weighted by Crippen LogP contribution is 2.23. The molecule has 0 saturated carbocycles. The Bertz CT molecular complexity index is 991. The summed E-state index contributed by atoms with van der Waals surface area (Å²) in [5.41, 5.74) is 2.17. The Labute approximate surface area is 163 Å². The lowest BCUT2D eigenvalue weighted by molar-refractivity contribution is -0.147. The molecule has 0 aromatic carbocycles. The number of nitriles is 1. The van der Waals surface area contributed by atoms with Crippen molar-refractivity contribution in [1.29, 1.82) is 5.26 Å². The molecule has 3 heterocycles. The standard InChI is InChI=1S/C18H14N4O3S2/c1-11-9-26-18(21-11)14(6-19)15(23)8-25-16(24)5-13-10-27-17(22-13)12-3-2-4-20-7-12/h2-4,7,9-10,14H,5,8H2,1H3/t14-/m0/s1. The van der Waals surface area contributed by atoms with Crippen LogP contribution in [-0.2, 0) is 20.7 Å². The predicted octanol–water partition coefficient (Wildman–Crippen LogP) is 2.93. The summed E-state index contributed by atoms with van der Waals surface area (Å²) in [7, 11) is 0. The van der Waals surface area contributed by atoms with Gasteiger partial charge in [-0.2, -0.15) is 5.26 Å². The Kier molecular flexibility index (Phi) is 6.01. The second kappa shape index (κ2) is 8.62. The SMILES string of the molecule is Cc1csc([C@@H](C#N)C(=O)COC(=O)Cc2csc(-c3cccnc3)n2)n1. The van der Waals surface area contributed by atoms with Crippen molar-refractivity contribution >= 4 is 34.4 Å². The van der Waals surface area contributed by atoms with E-state index < -0.39 is 24.3 Å². The van der Waals surface area contributed by atoms with Crippen LogP contribution in [0.15, 0.2) is 35.3 Å². The third kappa shape index (κ3) is 4.81. The third-order valence-corrected chi connectivity index (χ3v) is 5.46. The first-order valence-corrected chi connectivity index (χ1v) is 9.67. The number of aromatic nitrogens is 3. The molecule has 0 bridgehead atoms. The van der Waals surface area contributed by atoms with E-state index in [0.717, 1.165) is 16.3 Å². The van der Waals surface area contributed by atoms with Crippen LogP contribution in [0.4, 0.5) is 0 Å². The highest BCUT2D eigenvalue weighted by molar-refractivity contribution is 7.13. The van der Waals surface area contributed by atoms with Gasteiger partial charge in [0.25, 0.3) is 0 Å². The first kappa shape index (κ1) is 18.8. The molecule has 3 aromatic rings. The van der Waals surface area contributed by atoms with E-state index in [0.29, 0.717) is 10.7 Å². The molecule has 3 aromatic heterocycles. The lowest BCUT2D eigenvalue weighted by Crippen LogP contribution is -2.20. The average Bonchev–Trinajstić information content (AvgIpc) is 3.31. The average molecular weight is 398 g/mol. The van der Waals surface area contributed by atoms with Crippen molar-refractivity contribution in [2.24, 2.45) is 0 Å². The molecule has 27 heavy (non-hydrogen) atoms. The molecule has 0 radical (unpaired) electrons. The number of carbonyl (C=O) groups is 2. The molecule has 9 heteroatoms. The summed E-state index contributed by atoms with van der Waals surface area (Å²) in [6.07, 6.45) is 3.33. The molecule has 3 rings (SSSR count). The largest absolute Gasteiger partial charge is 0.457 e. The van der Waals surface area contributed by atoms with Crippen LogP contribution in [0.2, 0.25) is 0 Å². The number of Topliss-reactive ketones (excluding diaryl/α,β-unsaturated/α-hetero) is 1. The molecular weight excluding hydrogens is 384 g/mol. The number of thiazole rings is 2. The number of aryl methyl sites for hydroxylation is 1. The lowest BCUT2D eigenvalue weighted by Gasteiger charge is -2.06. The zero-order valence-electron chi connectivity index (χ0n) is 14.3. The Hall–Kier alpha value is -2.96. The maximum Gasteiger partial charge on any atom is 0.312 e. The molecule has 0 amide bonds. The molecule has 0 aliphatic heterocycles. The van der Waals surface area contributed by atoms with Gasteiger partial charge in [-0.25, -0.2) is 9.97 Å². The molecule has 0 saturated heterocycles. The summed E-state index contributed by atoms with van der Waals surface area (Å²) < 4.78 is 5.02. The zero-order chi connectivity index (χ0) is 19.2. The van der Waals surface area contributed by atoms with Gasteiger partial charge in [0.1, 0.15) is 10.0 Å². The van der Waals surface area contributed by atoms with Gasteiger partial charge in [-0.3, -0.25) is 14.6 Å². The number of rotatable bonds is 7. The van der Waals surface area contributed by atoms with Gasteiger partial charge >= 0.3 is 5.97 Å². The number of pyridine rings is 1. The van der Waals surface area contributed by atoms with E-state index in [-0.39, 0.29) is 6.42 Å². The van der Waals surface area contributed by atoms with Gasteiger partial charge in [0.2, 0.25) is 0 Å². The second-order valence-corrected chi connectivity index (χ2v) is 7.33. The smallest absolute Gasteiger partial charge is 0.312 e. The molecule has 1 atom stereocenters. The van der Waals surface area contributed by atoms with Gasteiger partial charge in [0.15, 0.2) is 18.3 Å². The van der Waals surface area contributed by atoms with E-state index >= 15 is 0 Å². The van der Waals surface area contributed by atoms with E-state index in [2.05, 4.69) is 15.0 Å². The predicted molar refractivity (Wildman–Crippen MR) is 100 cm³/mol. The fourth-order valence-corrected chi connectivity index (χ4v) is 3.89. The van der Waals surface area contributed by atoms with Crippen molar-refractivity contribution in [2.75, 3.05) is 6.61 Å². The van der Waals surface area contributed by atoms with Crippen molar-refractivity contribution in [3.05, 3.63) is 51.7 Å². The van der Waals surface area contributed by atoms with Gasteiger partial charge in [-0.15, -0.1) is 22.7 Å². The molecule has 0 N–H and O–H groups in total. The van der Waals surface area contributed by atoms with Crippen molar-refractivity contribution in [2.45, 2.75) is 19.3 Å². The summed E-state index contributed by atoms with van der Waals surface area (Å²) >= 11 is 2.64. The Morgan fingerprint density at radius 3 is 2.81 bits per heavy atom. The van der Waals surface area contributed by atoms with Crippen LogP contribution in [0.5, 0.6) is 0 Å². The summed E-state index contributed by atoms with van der Waals surface area (Å²) in [6.45, 7) is 1.32. The lowest BCUT2D eigenvalue weighted by atomic mass is 10.1. The van der Waals surface area contributed by atoms with Crippen LogP contribution in [0.3, 0.4) is 0 Å². The summed E-state index contributed by atoms with van der Waals surface area (Å²) in [5.74, 6) is -2.08. The van der Waals surface area contributed by atoms with Crippen LogP contribution in [0, 0.1) is 18.3 Å². The highest BCUT2D eigenvalue weighted by atomic mass is 32.1. The first-order chi connectivity index (χ1) is 13.1. The number of ether oxygens (including phenoxy) is 1. The summed E-state index contributed by atoms with van der Waals surface area (Å²) in [5, 5.41) is 13.9. The van der Waals surface area contributed by atoms with Crippen LogP contribution < -0.4 is 0 Å². The second-order valence-electron chi connectivity index (χ2n) is 5.58. The minimum atomic E-state index is -1.02. The number of hydrogen-bond acceptors (Lipinski definition) is 9. The van der Waals surface area contributed by atoms with Gasteiger partial charge < -0.3 is 4.74 Å². The topological polar surface area (TPSA) is 106 Å². The van der Waals surface area contributed by atoms with E-state index in [4.69, 9.17) is 4.74 Å². The third-order valence-electron chi connectivity index (χ3n) is 3.50. The van der Waals surface area contributed by atoms with Crippen LogP contribution in [-0.4, -0.2) is 33.3 Å². The molecule has 0 fully saturated rings. The normalized spacial score (nSPS) is 11.6. The van der Waals surface area contributed by atoms with Gasteiger partial charge in [-0.05, 0) is 19.1 Å². The number of nitrogens with zero attached hydrogens (tertiary/aromatic N) is 4. The van der Waals surface area contributed by atoms with Crippen molar-refractivity contribution in [3.63, 3.8) is 0 Å². The Morgan fingerprint density at radius 1 is 1.30 bits per heavy atom. The number of ketones is 1. The Balaban J connectivity index is 1.55. The molecule has 0 spiro atoms. The van der Waals surface area contributed by atoms with Gasteiger partial charge in [0.05, 0.1) is 18.2 Å². The van der Waals surface area contributed by atoms with E-state index in [9.17, 15) is 14.9 Å².